The van der Waals surface area contributed by atoms with Crippen LogP contribution < -0.4 is 0 Å². The third-order valence-electron chi connectivity index (χ3n) is 4.52. The van der Waals surface area contributed by atoms with Gasteiger partial charge in [0.05, 0.1) is 12.8 Å². The Labute approximate surface area is 164 Å². The summed E-state index contributed by atoms with van der Waals surface area (Å²) in [6.07, 6.45) is -3.27. The average Bonchev–Trinajstić information content (AvgIpc) is 3.06. The minimum atomic E-state index is -4.50. The first-order chi connectivity index (χ1) is 12.7. The Balaban J connectivity index is 1.94. The fourth-order valence-electron chi connectivity index (χ4n) is 3.07. The predicted octanol–water partition coefficient (Wildman–Crippen LogP) is 5.67. The van der Waals surface area contributed by atoms with E-state index < -0.39 is 18.1 Å². The van der Waals surface area contributed by atoms with Gasteiger partial charge in [0.1, 0.15) is 12.5 Å². The first-order valence-electron chi connectivity index (χ1n) is 7.99. The standard InChI is InChI=1S/C19H15Cl2F3N2O/c1-27-26-10-12-2-4-13(5-3-12)17-9-18(11-25-17,19(22,23)24)14-6-15(20)8-16(21)7-14/h2-8,10H,9,11H2,1H3/b26-10+. The van der Waals surface area contributed by atoms with Crippen LogP contribution in [0.3, 0.4) is 0 Å². The van der Waals surface area contributed by atoms with Crippen LogP contribution in [0, 0.1) is 0 Å². The van der Waals surface area contributed by atoms with Crippen LogP contribution in [0.2, 0.25) is 10.0 Å². The van der Waals surface area contributed by atoms with E-state index in [0.29, 0.717) is 11.3 Å². The second-order valence-electron chi connectivity index (χ2n) is 6.22. The third kappa shape index (κ3) is 3.96. The van der Waals surface area contributed by atoms with E-state index in [9.17, 15) is 13.2 Å². The number of alkyl halides is 3. The fraction of sp³-hybridized carbons (Fsp3) is 0.263. The molecule has 0 fully saturated rings. The average molecular weight is 415 g/mol. The van der Waals surface area contributed by atoms with Crippen molar-refractivity contribution in [1.82, 2.24) is 0 Å². The van der Waals surface area contributed by atoms with Crippen LogP contribution in [0.25, 0.3) is 0 Å². The lowest BCUT2D eigenvalue weighted by Crippen LogP contribution is -2.43. The number of nitrogens with zero attached hydrogens (tertiary/aromatic N) is 2. The van der Waals surface area contributed by atoms with Crippen LogP contribution in [0.4, 0.5) is 13.2 Å². The molecule has 1 aliphatic rings. The van der Waals surface area contributed by atoms with Crippen LogP contribution in [0.1, 0.15) is 23.1 Å². The highest BCUT2D eigenvalue weighted by Gasteiger charge is 2.58. The number of halogens is 5. The van der Waals surface area contributed by atoms with Gasteiger partial charge in [-0.15, -0.1) is 0 Å². The summed E-state index contributed by atoms with van der Waals surface area (Å²) in [5.74, 6) is 0. The molecule has 0 aliphatic carbocycles. The summed E-state index contributed by atoms with van der Waals surface area (Å²) in [6.45, 7) is -0.407. The molecule has 2 aromatic carbocycles. The first-order valence-corrected chi connectivity index (χ1v) is 8.74. The van der Waals surface area contributed by atoms with Crippen LogP contribution in [0.5, 0.6) is 0 Å². The lowest BCUT2D eigenvalue weighted by molar-refractivity contribution is -0.183. The van der Waals surface area contributed by atoms with Crippen molar-refractivity contribution < 1.29 is 18.0 Å². The molecule has 3 nitrogen and oxygen atoms in total. The lowest BCUT2D eigenvalue weighted by atomic mass is 9.76. The van der Waals surface area contributed by atoms with Gasteiger partial charge in [0, 0.05) is 22.2 Å². The molecule has 8 heteroatoms. The zero-order valence-corrected chi connectivity index (χ0v) is 15.7. The summed E-state index contributed by atoms with van der Waals surface area (Å²) < 4.78 is 42.2. The molecule has 1 atom stereocenters. The Hall–Kier alpha value is -2.05. The Kier molecular flexibility index (Phi) is 5.49. The van der Waals surface area contributed by atoms with Gasteiger partial charge in [0.25, 0.3) is 0 Å². The molecule has 142 valence electrons. The molecule has 0 N–H and O–H groups in total. The van der Waals surface area contributed by atoms with Gasteiger partial charge in [-0.25, -0.2) is 0 Å². The van der Waals surface area contributed by atoms with E-state index in [1.54, 1.807) is 24.3 Å². The van der Waals surface area contributed by atoms with Gasteiger partial charge >= 0.3 is 6.18 Å². The van der Waals surface area contributed by atoms with Crippen molar-refractivity contribution in [3.05, 3.63) is 69.2 Å². The van der Waals surface area contributed by atoms with Gasteiger partial charge in [0.15, 0.2) is 0 Å². The molecular formula is C19H15Cl2F3N2O. The second-order valence-corrected chi connectivity index (χ2v) is 7.09. The molecule has 1 aliphatic heterocycles. The minimum Gasteiger partial charge on any atom is -0.399 e. The number of benzene rings is 2. The van der Waals surface area contributed by atoms with E-state index in [0.717, 1.165) is 5.56 Å². The summed E-state index contributed by atoms with van der Waals surface area (Å²) in [4.78, 5) is 8.81. The van der Waals surface area contributed by atoms with E-state index >= 15 is 0 Å². The van der Waals surface area contributed by atoms with E-state index in [4.69, 9.17) is 23.2 Å². The first kappa shape index (κ1) is 19.7. The van der Waals surface area contributed by atoms with Gasteiger partial charge in [-0.05, 0) is 34.9 Å². The zero-order chi connectivity index (χ0) is 19.7. The highest BCUT2D eigenvalue weighted by Crippen LogP contribution is 2.48. The SMILES string of the molecule is CO/N=C/c1ccc(C2=NCC(c3cc(Cl)cc(Cl)c3)(C(F)(F)F)C2)cc1. The molecule has 1 unspecified atom stereocenters. The molecule has 27 heavy (non-hydrogen) atoms. The van der Waals surface area contributed by atoms with Gasteiger partial charge in [0.2, 0.25) is 0 Å². The maximum absolute atomic E-state index is 14.1. The fourth-order valence-corrected chi connectivity index (χ4v) is 3.60. The summed E-state index contributed by atoms with van der Waals surface area (Å²) in [5, 5.41) is 3.98. The van der Waals surface area contributed by atoms with E-state index in [2.05, 4.69) is 15.0 Å². The molecule has 0 radical (unpaired) electrons. The maximum Gasteiger partial charge on any atom is 0.400 e. The Morgan fingerprint density at radius 2 is 1.74 bits per heavy atom. The van der Waals surface area contributed by atoms with Crippen molar-refractivity contribution in [2.45, 2.75) is 18.0 Å². The molecule has 0 saturated heterocycles. The van der Waals surface area contributed by atoms with Gasteiger partial charge in [-0.3, -0.25) is 4.99 Å². The molecule has 0 saturated carbocycles. The highest BCUT2D eigenvalue weighted by molar-refractivity contribution is 6.34. The quantitative estimate of drug-likeness (QED) is 0.468. The van der Waals surface area contributed by atoms with Crippen molar-refractivity contribution in [3.8, 4) is 0 Å². The van der Waals surface area contributed by atoms with E-state index in [1.807, 2.05) is 0 Å². The van der Waals surface area contributed by atoms with Crippen molar-refractivity contribution in [3.63, 3.8) is 0 Å². The van der Waals surface area contributed by atoms with Gasteiger partial charge in [-0.2, -0.15) is 13.2 Å². The number of rotatable bonds is 4. The topological polar surface area (TPSA) is 34.0 Å². The lowest BCUT2D eigenvalue weighted by Gasteiger charge is -2.31. The summed E-state index contributed by atoms with van der Waals surface area (Å²) in [5.41, 5.74) is -0.340. The Morgan fingerprint density at radius 1 is 1.11 bits per heavy atom. The smallest absolute Gasteiger partial charge is 0.399 e. The molecule has 0 aromatic heterocycles. The Morgan fingerprint density at radius 3 is 2.30 bits per heavy atom. The van der Waals surface area contributed by atoms with Crippen LogP contribution in [-0.4, -0.2) is 31.8 Å². The monoisotopic (exact) mass is 414 g/mol. The van der Waals surface area contributed by atoms with Crippen molar-refractivity contribution in [2.75, 3.05) is 13.7 Å². The van der Waals surface area contributed by atoms with Crippen LogP contribution in [-0.2, 0) is 10.3 Å². The highest BCUT2D eigenvalue weighted by atomic mass is 35.5. The third-order valence-corrected chi connectivity index (χ3v) is 4.95. The largest absolute Gasteiger partial charge is 0.400 e. The molecular weight excluding hydrogens is 400 g/mol. The number of aliphatic imine (C=N–C) groups is 1. The minimum absolute atomic E-state index is 0.0232. The molecule has 0 spiro atoms. The van der Waals surface area contributed by atoms with E-state index in [-0.39, 0.29) is 22.0 Å². The zero-order valence-electron chi connectivity index (χ0n) is 14.2. The van der Waals surface area contributed by atoms with Crippen molar-refractivity contribution >= 4 is 35.1 Å². The van der Waals surface area contributed by atoms with Crippen molar-refractivity contribution in [1.29, 1.82) is 0 Å². The van der Waals surface area contributed by atoms with Gasteiger partial charge < -0.3 is 4.84 Å². The second kappa shape index (κ2) is 7.52. The predicted molar refractivity (Wildman–Crippen MR) is 101 cm³/mol. The normalized spacial score (nSPS) is 20.1. The molecule has 2 aromatic rings. The summed E-state index contributed by atoms with van der Waals surface area (Å²) in [7, 11) is 1.43. The number of oxime groups is 1. The maximum atomic E-state index is 14.1. The number of hydrogen-bond acceptors (Lipinski definition) is 3. The van der Waals surface area contributed by atoms with Crippen LogP contribution in [0.15, 0.2) is 52.6 Å². The number of hydrogen-bond donors (Lipinski definition) is 0. The van der Waals surface area contributed by atoms with Crippen molar-refractivity contribution in [2.24, 2.45) is 10.1 Å². The Bertz CT molecular complexity index is 875. The van der Waals surface area contributed by atoms with Crippen LogP contribution >= 0.6 is 23.2 Å². The molecule has 3 rings (SSSR count). The summed E-state index contributed by atoms with van der Waals surface area (Å²) in [6, 6.07) is 10.9. The molecule has 0 bridgehead atoms. The van der Waals surface area contributed by atoms with Gasteiger partial charge in [-0.1, -0.05) is 52.6 Å². The van der Waals surface area contributed by atoms with E-state index in [1.165, 1.54) is 31.5 Å². The molecule has 1 heterocycles. The molecule has 0 amide bonds. The summed E-state index contributed by atoms with van der Waals surface area (Å²) >= 11 is 11.9.